The summed E-state index contributed by atoms with van der Waals surface area (Å²) in [7, 11) is 0. The molecule has 0 aliphatic heterocycles. The van der Waals surface area contributed by atoms with Gasteiger partial charge in [0.25, 0.3) is 5.56 Å². The van der Waals surface area contributed by atoms with Gasteiger partial charge in [0.2, 0.25) is 5.13 Å². The molecule has 4 rings (SSSR count). The summed E-state index contributed by atoms with van der Waals surface area (Å²) in [6.07, 6.45) is 1.70. The fourth-order valence-electron chi connectivity index (χ4n) is 2.43. The zero-order valence-corrected chi connectivity index (χ0v) is 15.6. The molecule has 0 amide bonds. The first-order valence-electron chi connectivity index (χ1n) is 8.09. The van der Waals surface area contributed by atoms with Crippen LogP contribution in [0.15, 0.2) is 63.9 Å². The number of fused-ring (bicyclic) bond motifs is 1. The van der Waals surface area contributed by atoms with Crippen molar-refractivity contribution >= 4 is 33.9 Å². The van der Waals surface area contributed by atoms with E-state index in [0.717, 1.165) is 9.90 Å². The monoisotopic (exact) mass is 399 g/mol. The van der Waals surface area contributed by atoms with Crippen LogP contribution in [0.4, 0.5) is 9.52 Å². The van der Waals surface area contributed by atoms with Crippen molar-refractivity contribution in [3.05, 3.63) is 82.2 Å². The number of pyridine rings is 1. The molecule has 0 spiro atoms. The number of thioether (sulfide) groups is 1. The van der Waals surface area contributed by atoms with E-state index in [4.69, 9.17) is 0 Å². The van der Waals surface area contributed by atoms with Crippen molar-refractivity contribution in [2.45, 2.75) is 16.6 Å². The zero-order chi connectivity index (χ0) is 18.6. The first-order chi connectivity index (χ1) is 13.2. The first-order valence-corrected chi connectivity index (χ1v) is 9.89. The summed E-state index contributed by atoms with van der Waals surface area (Å²) in [5.74, 6) is 0.281. The molecular weight excluding hydrogens is 385 g/mol. The number of rotatable bonds is 6. The van der Waals surface area contributed by atoms with Gasteiger partial charge < -0.3 is 5.32 Å². The molecule has 0 bridgehead atoms. The summed E-state index contributed by atoms with van der Waals surface area (Å²) in [4.78, 5) is 16.6. The maximum absolute atomic E-state index is 12.9. The van der Waals surface area contributed by atoms with E-state index in [1.165, 1.54) is 45.7 Å². The second kappa shape index (κ2) is 7.85. The predicted octanol–water partition coefficient (Wildman–Crippen LogP) is 3.59. The summed E-state index contributed by atoms with van der Waals surface area (Å²) in [5, 5.41) is 12.1. The molecule has 136 valence electrons. The van der Waals surface area contributed by atoms with E-state index in [0.29, 0.717) is 28.8 Å². The van der Waals surface area contributed by atoms with Gasteiger partial charge in [-0.2, -0.15) is 0 Å². The highest BCUT2D eigenvalue weighted by molar-refractivity contribution is 8.00. The van der Waals surface area contributed by atoms with Crippen LogP contribution in [-0.2, 0) is 12.3 Å². The lowest BCUT2D eigenvalue weighted by Gasteiger charge is -2.02. The van der Waals surface area contributed by atoms with E-state index in [9.17, 15) is 9.18 Å². The van der Waals surface area contributed by atoms with Crippen molar-refractivity contribution < 1.29 is 4.39 Å². The number of aromatic nitrogens is 4. The lowest BCUT2D eigenvalue weighted by Crippen LogP contribution is -2.14. The SMILES string of the molecule is O=c1cc(CSc2nnc(NCc3ccc(F)cc3)s2)nc2ccccn12. The number of benzene rings is 1. The Labute approximate surface area is 162 Å². The number of anilines is 1. The highest BCUT2D eigenvalue weighted by Crippen LogP contribution is 2.28. The van der Waals surface area contributed by atoms with E-state index in [1.807, 2.05) is 6.07 Å². The predicted molar refractivity (Wildman–Crippen MR) is 105 cm³/mol. The maximum atomic E-state index is 12.9. The Kier molecular flexibility index (Phi) is 5.12. The molecule has 1 N–H and O–H groups in total. The summed E-state index contributed by atoms with van der Waals surface area (Å²) in [6, 6.07) is 13.3. The lowest BCUT2D eigenvalue weighted by atomic mass is 10.2. The van der Waals surface area contributed by atoms with Gasteiger partial charge in [0.1, 0.15) is 11.5 Å². The molecule has 0 fully saturated rings. The van der Waals surface area contributed by atoms with Gasteiger partial charge in [-0.15, -0.1) is 10.2 Å². The van der Waals surface area contributed by atoms with Crippen LogP contribution in [0.3, 0.4) is 0 Å². The van der Waals surface area contributed by atoms with Gasteiger partial charge in [-0.05, 0) is 29.8 Å². The maximum Gasteiger partial charge on any atom is 0.258 e. The van der Waals surface area contributed by atoms with Crippen LogP contribution in [-0.4, -0.2) is 19.6 Å². The van der Waals surface area contributed by atoms with Crippen molar-refractivity contribution in [1.29, 1.82) is 0 Å². The molecule has 0 radical (unpaired) electrons. The van der Waals surface area contributed by atoms with Crippen LogP contribution in [0, 0.1) is 5.82 Å². The Hall–Kier alpha value is -2.78. The minimum atomic E-state index is -0.254. The van der Waals surface area contributed by atoms with Crippen LogP contribution in [0.1, 0.15) is 11.3 Å². The summed E-state index contributed by atoms with van der Waals surface area (Å²) in [6.45, 7) is 0.544. The number of nitrogens with zero attached hydrogens (tertiary/aromatic N) is 4. The van der Waals surface area contributed by atoms with Crippen LogP contribution < -0.4 is 10.9 Å². The third kappa shape index (κ3) is 4.32. The van der Waals surface area contributed by atoms with Gasteiger partial charge in [-0.1, -0.05) is 41.3 Å². The van der Waals surface area contributed by atoms with Crippen LogP contribution in [0.2, 0.25) is 0 Å². The fourth-order valence-corrected chi connectivity index (χ4v) is 4.07. The Bertz CT molecular complexity index is 1130. The Morgan fingerprint density at radius 2 is 2.00 bits per heavy atom. The van der Waals surface area contributed by atoms with Gasteiger partial charge in [0.15, 0.2) is 4.34 Å². The molecule has 27 heavy (non-hydrogen) atoms. The Balaban J connectivity index is 1.38. The van der Waals surface area contributed by atoms with Crippen LogP contribution in [0.5, 0.6) is 0 Å². The van der Waals surface area contributed by atoms with E-state index < -0.39 is 0 Å². The molecule has 6 nitrogen and oxygen atoms in total. The van der Waals surface area contributed by atoms with Crippen LogP contribution >= 0.6 is 23.1 Å². The van der Waals surface area contributed by atoms with E-state index in [-0.39, 0.29) is 11.4 Å². The first kappa shape index (κ1) is 17.6. The fraction of sp³-hybridized carbons (Fsp3) is 0.111. The zero-order valence-electron chi connectivity index (χ0n) is 14.0. The third-order valence-corrected chi connectivity index (χ3v) is 5.78. The molecule has 3 aromatic heterocycles. The summed E-state index contributed by atoms with van der Waals surface area (Å²) < 4.78 is 15.2. The van der Waals surface area contributed by atoms with Crippen molar-refractivity contribution in [2.24, 2.45) is 0 Å². The molecule has 9 heteroatoms. The number of halogens is 1. The van der Waals surface area contributed by atoms with E-state index in [1.54, 1.807) is 30.5 Å². The Morgan fingerprint density at radius 1 is 1.15 bits per heavy atom. The largest absolute Gasteiger partial charge is 0.356 e. The summed E-state index contributed by atoms with van der Waals surface area (Å²) >= 11 is 2.91. The van der Waals surface area contributed by atoms with E-state index in [2.05, 4.69) is 20.5 Å². The van der Waals surface area contributed by atoms with Gasteiger partial charge in [0, 0.05) is 24.6 Å². The Morgan fingerprint density at radius 3 is 2.85 bits per heavy atom. The molecule has 0 aliphatic rings. The second-order valence-electron chi connectivity index (χ2n) is 5.66. The van der Waals surface area contributed by atoms with Crippen molar-refractivity contribution in [3.8, 4) is 0 Å². The third-order valence-electron chi connectivity index (χ3n) is 3.73. The molecule has 0 atom stereocenters. The van der Waals surface area contributed by atoms with Gasteiger partial charge in [-0.25, -0.2) is 9.37 Å². The van der Waals surface area contributed by atoms with E-state index >= 15 is 0 Å². The average Bonchev–Trinajstić information content (AvgIpc) is 3.14. The van der Waals surface area contributed by atoms with Gasteiger partial charge in [0.05, 0.1) is 5.69 Å². The molecule has 0 unspecified atom stereocenters. The van der Waals surface area contributed by atoms with Crippen LogP contribution in [0.25, 0.3) is 5.65 Å². The molecule has 3 heterocycles. The number of nitrogens with one attached hydrogen (secondary N) is 1. The normalized spacial score (nSPS) is 11.0. The molecule has 0 saturated carbocycles. The molecular formula is C18H14FN5OS2. The minimum Gasteiger partial charge on any atom is -0.356 e. The molecule has 0 aliphatic carbocycles. The lowest BCUT2D eigenvalue weighted by molar-refractivity contribution is 0.627. The molecule has 1 aromatic carbocycles. The minimum absolute atomic E-state index is 0.102. The van der Waals surface area contributed by atoms with Crippen molar-refractivity contribution in [2.75, 3.05) is 5.32 Å². The molecule has 4 aromatic rings. The number of hydrogen-bond donors (Lipinski definition) is 1. The molecule has 0 saturated heterocycles. The topological polar surface area (TPSA) is 72.2 Å². The highest BCUT2D eigenvalue weighted by atomic mass is 32.2. The van der Waals surface area contributed by atoms with Gasteiger partial charge in [-0.3, -0.25) is 9.20 Å². The second-order valence-corrected chi connectivity index (χ2v) is 7.86. The standard InChI is InChI=1S/C18H14FN5OS2/c19-13-6-4-12(5-7-13)10-20-17-22-23-18(27-17)26-11-14-9-16(25)24-8-2-1-3-15(24)21-14/h1-9H,10-11H2,(H,20,22). The smallest absolute Gasteiger partial charge is 0.258 e. The highest BCUT2D eigenvalue weighted by Gasteiger charge is 2.07. The van der Waals surface area contributed by atoms with Gasteiger partial charge >= 0.3 is 0 Å². The van der Waals surface area contributed by atoms with Crippen molar-refractivity contribution in [3.63, 3.8) is 0 Å². The average molecular weight is 399 g/mol. The quantitative estimate of drug-likeness (QED) is 0.500. The number of hydrogen-bond acceptors (Lipinski definition) is 7. The summed E-state index contributed by atoms with van der Waals surface area (Å²) in [5.41, 5.74) is 2.18. The van der Waals surface area contributed by atoms with Crippen molar-refractivity contribution in [1.82, 2.24) is 19.6 Å².